The predicted molar refractivity (Wildman–Crippen MR) is 70.0 cm³/mol. The molecule has 1 atom stereocenters. The van der Waals surface area contributed by atoms with Crippen molar-refractivity contribution in [2.24, 2.45) is 5.73 Å². The van der Waals surface area contributed by atoms with Crippen molar-refractivity contribution in [2.75, 3.05) is 13.6 Å². The number of amidine groups is 1. The quantitative estimate of drug-likeness (QED) is 0.528. The molecule has 100 valence electrons. The second kappa shape index (κ2) is 6.47. The maximum absolute atomic E-state index is 13.7. The molecule has 0 aliphatic rings. The minimum atomic E-state index is -0.355. The first-order valence-electron chi connectivity index (χ1n) is 5.89. The van der Waals surface area contributed by atoms with E-state index in [2.05, 4.69) is 0 Å². The summed E-state index contributed by atoms with van der Waals surface area (Å²) in [4.78, 5) is 1.94. The van der Waals surface area contributed by atoms with E-state index in [4.69, 9.17) is 11.1 Å². The van der Waals surface area contributed by atoms with Gasteiger partial charge in [0.25, 0.3) is 0 Å². The van der Waals surface area contributed by atoms with E-state index in [1.165, 1.54) is 6.07 Å². The van der Waals surface area contributed by atoms with Crippen molar-refractivity contribution in [1.82, 2.24) is 4.90 Å². The van der Waals surface area contributed by atoms with Crippen molar-refractivity contribution in [3.05, 3.63) is 35.1 Å². The van der Waals surface area contributed by atoms with Crippen LogP contribution in [0.3, 0.4) is 0 Å². The number of hydrogen-bond donors (Lipinski definition) is 3. The number of halogens is 1. The Kier molecular flexibility index (Phi) is 5.25. The maximum Gasteiger partial charge on any atom is 0.128 e. The van der Waals surface area contributed by atoms with Gasteiger partial charge in [-0.05, 0) is 26.5 Å². The zero-order chi connectivity index (χ0) is 13.7. The zero-order valence-electron chi connectivity index (χ0n) is 10.8. The van der Waals surface area contributed by atoms with E-state index in [1.54, 1.807) is 19.1 Å². The summed E-state index contributed by atoms with van der Waals surface area (Å²) in [6.45, 7) is 2.90. The average molecular weight is 253 g/mol. The second-order valence-electron chi connectivity index (χ2n) is 4.60. The predicted octanol–water partition coefficient (Wildman–Crippen LogP) is 1.31. The molecule has 1 unspecified atom stereocenters. The van der Waals surface area contributed by atoms with E-state index in [0.717, 1.165) is 0 Å². The fourth-order valence-electron chi connectivity index (χ4n) is 1.62. The number of aliphatic hydroxyl groups is 1. The van der Waals surface area contributed by atoms with Gasteiger partial charge in [-0.3, -0.25) is 5.41 Å². The fraction of sp³-hybridized carbons (Fsp3) is 0.462. The Labute approximate surface area is 107 Å². The van der Waals surface area contributed by atoms with Crippen LogP contribution in [0.15, 0.2) is 18.2 Å². The van der Waals surface area contributed by atoms with Crippen molar-refractivity contribution in [3.8, 4) is 0 Å². The summed E-state index contributed by atoms with van der Waals surface area (Å²) in [6.07, 6.45) is 0.307. The molecule has 0 radical (unpaired) electrons. The Balaban J connectivity index is 2.64. The van der Waals surface area contributed by atoms with Crippen molar-refractivity contribution in [3.63, 3.8) is 0 Å². The molecule has 0 spiro atoms. The van der Waals surface area contributed by atoms with Gasteiger partial charge in [-0.1, -0.05) is 12.1 Å². The Morgan fingerprint density at radius 3 is 2.72 bits per heavy atom. The Morgan fingerprint density at radius 1 is 1.56 bits per heavy atom. The minimum absolute atomic E-state index is 0.136. The summed E-state index contributed by atoms with van der Waals surface area (Å²) in [5.74, 6) is -0.491. The highest BCUT2D eigenvalue weighted by Crippen LogP contribution is 2.12. The molecular formula is C13H20FN3O. The second-order valence-corrected chi connectivity index (χ2v) is 4.60. The van der Waals surface area contributed by atoms with E-state index in [-0.39, 0.29) is 17.8 Å². The van der Waals surface area contributed by atoms with Crippen molar-refractivity contribution >= 4 is 5.84 Å². The normalized spacial score (nSPS) is 12.7. The molecule has 0 heterocycles. The van der Waals surface area contributed by atoms with Crippen LogP contribution in [0.4, 0.5) is 4.39 Å². The molecule has 0 saturated carbocycles. The van der Waals surface area contributed by atoms with E-state index >= 15 is 0 Å². The lowest BCUT2D eigenvalue weighted by molar-refractivity contribution is 0.162. The SMILES string of the molecule is CC(O)CCN(C)Cc1ccc(C(=N)N)cc1F. The first-order chi connectivity index (χ1) is 8.40. The molecule has 0 fully saturated rings. The van der Waals surface area contributed by atoms with Crippen LogP contribution < -0.4 is 5.73 Å². The van der Waals surface area contributed by atoms with Crippen molar-refractivity contribution in [2.45, 2.75) is 26.0 Å². The molecule has 1 aromatic carbocycles. The third-order valence-electron chi connectivity index (χ3n) is 2.73. The highest BCUT2D eigenvalue weighted by Gasteiger charge is 2.08. The van der Waals surface area contributed by atoms with Crippen LogP contribution in [0, 0.1) is 11.2 Å². The molecule has 0 aliphatic heterocycles. The van der Waals surface area contributed by atoms with Gasteiger partial charge in [0, 0.05) is 24.2 Å². The minimum Gasteiger partial charge on any atom is -0.393 e. The Hall–Kier alpha value is -1.46. The van der Waals surface area contributed by atoms with Gasteiger partial charge < -0.3 is 15.7 Å². The van der Waals surface area contributed by atoms with Crippen LogP contribution in [0.2, 0.25) is 0 Å². The van der Waals surface area contributed by atoms with Gasteiger partial charge in [-0.15, -0.1) is 0 Å². The van der Waals surface area contributed by atoms with Gasteiger partial charge in [0.2, 0.25) is 0 Å². The third kappa shape index (κ3) is 4.43. The molecule has 0 bridgehead atoms. The van der Waals surface area contributed by atoms with Crippen LogP contribution in [0.1, 0.15) is 24.5 Å². The van der Waals surface area contributed by atoms with Gasteiger partial charge in [0.1, 0.15) is 11.7 Å². The van der Waals surface area contributed by atoms with E-state index in [0.29, 0.717) is 30.6 Å². The van der Waals surface area contributed by atoms with E-state index < -0.39 is 0 Å². The lowest BCUT2D eigenvalue weighted by Gasteiger charge is -2.18. The molecule has 18 heavy (non-hydrogen) atoms. The number of rotatable bonds is 6. The van der Waals surface area contributed by atoms with Crippen molar-refractivity contribution in [1.29, 1.82) is 5.41 Å². The van der Waals surface area contributed by atoms with Gasteiger partial charge >= 0.3 is 0 Å². The lowest BCUT2D eigenvalue weighted by atomic mass is 10.1. The molecule has 0 saturated heterocycles. The van der Waals surface area contributed by atoms with Gasteiger partial charge in [-0.2, -0.15) is 0 Å². The monoisotopic (exact) mass is 253 g/mol. The van der Waals surface area contributed by atoms with Crippen LogP contribution in [-0.4, -0.2) is 35.5 Å². The van der Waals surface area contributed by atoms with Crippen LogP contribution in [-0.2, 0) is 6.54 Å². The molecule has 5 heteroatoms. The number of nitrogens with one attached hydrogen (secondary N) is 1. The summed E-state index contributed by atoms with van der Waals surface area (Å²) in [7, 11) is 1.88. The van der Waals surface area contributed by atoms with Crippen LogP contribution >= 0.6 is 0 Å². The number of aliphatic hydroxyl groups excluding tert-OH is 1. The summed E-state index contributed by atoms with van der Waals surface area (Å²) >= 11 is 0. The highest BCUT2D eigenvalue weighted by atomic mass is 19.1. The first-order valence-corrected chi connectivity index (χ1v) is 5.89. The van der Waals surface area contributed by atoms with Gasteiger partial charge in [0.05, 0.1) is 6.10 Å². The Morgan fingerprint density at radius 2 is 2.22 bits per heavy atom. The highest BCUT2D eigenvalue weighted by molar-refractivity contribution is 5.94. The molecule has 0 aromatic heterocycles. The number of benzene rings is 1. The largest absolute Gasteiger partial charge is 0.393 e. The van der Waals surface area contributed by atoms with Crippen LogP contribution in [0.25, 0.3) is 0 Å². The maximum atomic E-state index is 13.7. The topological polar surface area (TPSA) is 73.3 Å². The molecule has 4 nitrogen and oxygen atoms in total. The number of nitrogens with zero attached hydrogens (tertiary/aromatic N) is 1. The standard InChI is InChI=1S/C13H20FN3O/c1-9(18)5-6-17(2)8-11-4-3-10(13(15)16)7-12(11)14/h3-4,7,9,18H,5-6,8H2,1-2H3,(H3,15,16). The van der Waals surface area contributed by atoms with Gasteiger partial charge in [0.15, 0.2) is 0 Å². The fourth-order valence-corrected chi connectivity index (χ4v) is 1.62. The number of nitrogen functional groups attached to an aromatic ring is 1. The van der Waals surface area contributed by atoms with Gasteiger partial charge in [-0.25, -0.2) is 4.39 Å². The summed E-state index contributed by atoms with van der Waals surface area (Å²) < 4.78 is 13.7. The molecule has 1 rings (SSSR count). The first kappa shape index (κ1) is 14.6. The van der Waals surface area contributed by atoms with Crippen LogP contribution in [0.5, 0.6) is 0 Å². The van der Waals surface area contributed by atoms with E-state index in [1.807, 2.05) is 11.9 Å². The van der Waals surface area contributed by atoms with E-state index in [9.17, 15) is 9.50 Å². The number of nitrogens with two attached hydrogens (primary N) is 1. The molecular weight excluding hydrogens is 233 g/mol. The molecule has 0 amide bonds. The summed E-state index contributed by atoms with van der Waals surface area (Å²) in [5, 5.41) is 16.4. The summed E-state index contributed by atoms with van der Waals surface area (Å²) in [5.41, 5.74) is 6.25. The molecule has 1 aromatic rings. The lowest BCUT2D eigenvalue weighted by Crippen LogP contribution is -2.22. The van der Waals surface area contributed by atoms with Crippen molar-refractivity contribution < 1.29 is 9.50 Å². The number of hydrogen-bond acceptors (Lipinski definition) is 3. The zero-order valence-corrected chi connectivity index (χ0v) is 10.8. The third-order valence-corrected chi connectivity index (χ3v) is 2.73. The summed E-state index contributed by atoms with van der Waals surface area (Å²) in [6, 6.07) is 4.56. The molecule has 4 N–H and O–H groups in total. The average Bonchev–Trinajstić information content (AvgIpc) is 2.29. The smallest absolute Gasteiger partial charge is 0.128 e. The Bertz CT molecular complexity index is 421. The molecule has 0 aliphatic carbocycles.